The van der Waals surface area contributed by atoms with Crippen molar-refractivity contribution in [2.45, 2.75) is 31.7 Å². The van der Waals surface area contributed by atoms with Crippen LogP contribution in [0.2, 0.25) is 0 Å². The predicted octanol–water partition coefficient (Wildman–Crippen LogP) is 2.91. The van der Waals surface area contributed by atoms with Crippen LogP contribution >= 0.6 is 11.3 Å². The first-order valence-corrected chi connectivity index (χ1v) is 7.89. The van der Waals surface area contributed by atoms with Crippen LogP contribution in [-0.2, 0) is 16.0 Å². The Kier molecular flexibility index (Phi) is 3.45. The zero-order valence-corrected chi connectivity index (χ0v) is 12.7. The van der Waals surface area contributed by atoms with Crippen molar-refractivity contribution in [3.05, 3.63) is 35.2 Å². The van der Waals surface area contributed by atoms with Crippen LogP contribution < -0.4 is 0 Å². The van der Waals surface area contributed by atoms with Gasteiger partial charge in [0.05, 0.1) is 6.42 Å². The second-order valence-corrected chi connectivity index (χ2v) is 6.57. The largest absolute Gasteiger partial charge is 0.480 e. The number of thiophene rings is 1. The molecule has 1 amide bonds. The molecule has 0 saturated carbocycles. The monoisotopic (exact) mass is 303 g/mol. The lowest BCUT2D eigenvalue weighted by Gasteiger charge is -2.31. The van der Waals surface area contributed by atoms with Crippen LogP contribution in [0.4, 0.5) is 0 Å². The molecule has 2 aromatic rings. The van der Waals surface area contributed by atoms with E-state index in [0.717, 1.165) is 22.1 Å². The first-order chi connectivity index (χ1) is 10.0. The van der Waals surface area contributed by atoms with Crippen LogP contribution in [-0.4, -0.2) is 34.0 Å². The van der Waals surface area contributed by atoms with Gasteiger partial charge in [0.25, 0.3) is 0 Å². The van der Waals surface area contributed by atoms with Crippen molar-refractivity contribution in [2.75, 3.05) is 6.54 Å². The van der Waals surface area contributed by atoms with E-state index in [0.29, 0.717) is 13.0 Å². The molecule has 1 N–H and O–H groups in total. The van der Waals surface area contributed by atoms with Gasteiger partial charge in [0.15, 0.2) is 0 Å². The number of carbonyl (C=O) groups excluding carboxylic acids is 1. The predicted molar refractivity (Wildman–Crippen MR) is 82.5 cm³/mol. The number of carbonyl (C=O) groups is 2. The van der Waals surface area contributed by atoms with Crippen LogP contribution in [0.3, 0.4) is 0 Å². The normalized spacial score (nSPS) is 21.9. The van der Waals surface area contributed by atoms with Gasteiger partial charge >= 0.3 is 5.97 Å². The number of rotatable bonds is 3. The average Bonchev–Trinajstić information content (AvgIpc) is 3.04. The number of nitrogens with zero attached hydrogens (tertiary/aromatic N) is 1. The number of carboxylic acids is 1. The number of benzene rings is 1. The minimum atomic E-state index is -1.05. The molecule has 1 aliphatic rings. The Morgan fingerprint density at radius 1 is 1.38 bits per heavy atom. The lowest BCUT2D eigenvalue weighted by atomic mass is 9.98. The van der Waals surface area contributed by atoms with Gasteiger partial charge in [-0.05, 0) is 42.2 Å². The minimum absolute atomic E-state index is 0.0963. The molecule has 0 aliphatic carbocycles. The Hall–Kier alpha value is -1.88. The quantitative estimate of drug-likeness (QED) is 0.948. The Bertz CT molecular complexity index is 708. The van der Waals surface area contributed by atoms with E-state index in [4.69, 9.17) is 0 Å². The van der Waals surface area contributed by atoms with E-state index in [1.165, 1.54) is 4.90 Å². The van der Waals surface area contributed by atoms with Gasteiger partial charge in [-0.2, -0.15) is 0 Å². The number of amides is 1. The molecular formula is C16H17NO3S. The van der Waals surface area contributed by atoms with E-state index >= 15 is 0 Å². The standard InChI is InChI=1S/C16H17NO3S/c1-16(15(19)20)7-4-8-17(16)14(18)9-11-10-21-13-6-3-2-5-12(11)13/h2-3,5-6,10H,4,7-9H2,1H3,(H,19,20). The summed E-state index contributed by atoms with van der Waals surface area (Å²) in [6.45, 7) is 2.18. The summed E-state index contributed by atoms with van der Waals surface area (Å²) in [6, 6.07) is 7.98. The van der Waals surface area contributed by atoms with Gasteiger partial charge in [-0.1, -0.05) is 18.2 Å². The summed E-state index contributed by atoms with van der Waals surface area (Å²) in [5.41, 5.74) is -0.0663. The Morgan fingerprint density at radius 2 is 2.14 bits per heavy atom. The number of aliphatic carboxylic acids is 1. The molecule has 3 rings (SSSR count). The number of hydrogen-bond donors (Lipinski definition) is 1. The van der Waals surface area contributed by atoms with Crippen molar-refractivity contribution in [3.8, 4) is 0 Å². The summed E-state index contributed by atoms with van der Waals surface area (Å²) in [7, 11) is 0. The van der Waals surface area contributed by atoms with Crippen LogP contribution in [0.25, 0.3) is 10.1 Å². The Balaban J connectivity index is 1.85. The highest BCUT2D eigenvalue weighted by molar-refractivity contribution is 7.17. The van der Waals surface area contributed by atoms with Crippen molar-refractivity contribution in [1.82, 2.24) is 4.90 Å². The van der Waals surface area contributed by atoms with Gasteiger partial charge in [0.1, 0.15) is 5.54 Å². The van der Waals surface area contributed by atoms with E-state index in [1.807, 2.05) is 29.6 Å². The molecule has 1 aromatic carbocycles. The van der Waals surface area contributed by atoms with E-state index in [9.17, 15) is 14.7 Å². The van der Waals surface area contributed by atoms with Crippen molar-refractivity contribution in [3.63, 3.8) is 0 Å². The summed E-state index contributed by atoms with van der Waals surface area (Å²) in [5.74, 6) is -1.01. The molecule has 0 spiro atoms. The maximum Gasteiger partial charge on any atom is 0.329 e. The number of fused-ring (bicyclic) bond motifs is 1. The topological polar surface area (TPSA) is 57.6 Å². The molecule has 1 fully saturated rings. The second kappa shape index (κ2) is 5.15. The Morgan fingerprint density at radius 3 is 2.90 bits per heavy atom. The minimum Gasteiger partial charge on any atom is -0.480 e. The zero-order chi connectivity index (χ0) is 15.0. The summed E-state index contributed by atoms with van der Waals surface area (Å²) in [6.07, 6.45) is 1.55. The molecular weight excluding hydrogens is 286 g/mol. The fourth-order valence-corrected chi connectivity index (χ4v) is 3.98. The molecule has 1 saturated heterocycles. The van der Waals surface area contributed by atoms with Crippen LogP contribution in [0.15, 0.2) is 29.6 Å². The third kappa shape index (κ3) is 2.31. The molecule has 0 bridgehead atoms. The van der Waals surface area contributed by atoms with Crippen LogP contribution in [0.5, 0.6) is 0 Å². The number of carboxylic acid groups (broad SMARTS) is 1. The Labute approximate surface area is 127 Å². The first-order valence-electron chi connectivity index (χ1n) is 7.01. The number of likely N-dealkylation sites (tertiary alicyclic amines) is 1. The van der Waals surface area contributed by atoms with Crippen LogP contribution in [0.1, 0.15) is 25.3 Å². The SMILES string of the molecule is CC1(C(=O)O)CCCN1C(=O)Cc1csc2ccccc12. The van der Waals surface area contributed by atoms with E-state index in [2.05, 4.69) is 0 Å². The highest BCUT2D eigenvalue weighted by Crippen LogP contribution is 2.31. The van der Waals surface area contributed by atoms with Gasteiger partial charge in [-0.3, -0.25) is 4.79 Å². The molecule has 4 nitrogen and oxygen atoms in total. The van der Waals surface area contributed by atoms with Gasteiger partial charge in [-0.15, -0.1) is 11.3 Å². The van der Waals surface area contributed by atoms with Crippen molar-refractivity contribution >= 4 is 33.3 Å². The van der Waals surface area contributed by atoms with Crippen LogP contribution in [0, 0.1) is 0 Å². The molecule has 110 valence electrons. The second-order valence-electron chi connectivity index (χ2n) is 5.66. The fourth-order valence-electron chi connectivity index (χ4n) is 3.01. The van der Waals surface area contributed by atoms with E-state index < -0.39 is 11.5 Å². The maximum absolute atomic E-state index is 12.5. The van der Waals surface area contributed by atoms with Crippen molar-refractivity contribution in [2.24, 2.45) is 0 Å². The molecule has 5 heteroatoms. The summed E-state index contributed by atoms with van der Waals surface area (Å²) in [4.78, 5) is 25.5. The summed E-state index contributed by atoms with van der Waals surface area (Å²) < 4.78 is 1.16. The number of hydrogen-bond acceptors (Lipinski definition) is 3. The van der Waals surface area contributed by atoms with E-state index in [-0.39, 0.29) is 12.3 Å². The lowest BCUT2D eigenvalue weighted by molar-refractivity contribution is -0.155. The average molecular weight is 303 g/mol. The lowest BCUT2D eigenvalue weighted by Crippen LogP contribution is -2.51. The third-order valence-electron chi connectivity index (χ3n) is 4.31. The third-order valence-corrected chi connectivity index (χ3v) is 5.32. The summed E-state index contributed by atoms with van der Waals surface area (Å²) >= 11 is 1.62. The van der Waals surface area contributed by atoms with Crippen molar-refractivity contribution in [1.29, 1.82) is 0 Å². The smallest absolute Gasteiger partial charge is 0.329 e. The molecule has 2 heterocycles. The molecule has 1 aliphatic heterocycles. The highest BCUT2D eigenvalue weighted by atomic mass is 32.1. The van der Waals surface area contributed by atoms with Crippen molar-refractivity contribution < 1.29 is 14.7 Å². The van der Waals surface area contributed by atoms with Gasteiger partial charge < -0.3 is 10.0 Å². The highest BCUT2D eigenvalue weighted by Gasteiger charge is 2.45. The molecule has 1 atom stereocenters. The van der Waals surface area contributed by atoms with Gasteiger partial charge in [-0.25, -0.2) is 4.79 Å². The molecule has 0 radical (unpaired) electrons. The molecule has 1 unspecified atom stereocenters. The zero-order valence-electron chi connectivity index (χ0n) is 11.8. The summed E-state index contributed by atoms with van der Waals surface area (Å²) in [5, 5.41) is 12.5. The fraction of sp³-hybridized carbons (Fsp3) is 0.375. The molecule has 1 aromatic heterocycles. The van der Waals surface area contributed by atoms with Gasteiger partial charge in [0, 0.05) is 11.2 Å². The maximum atomic E-state index is 12.5. The van der Waals surface area contributed by atoms with Gasteiger partial charge in [0.2, 0.25) is 5.91 Å². The first kappa shape index (κ1) is 14.1. The van der Waals surface area contributed by atoms with E-state index in [1.54, 1.807) is 18.3 Å². The molecule has 21 heavy (non-hydrogen) atoms.